The average molecular weight is 410 g/mol. The molecule has 3 N–H and O–H groups in total. The number of hydrogen-bond acceptors (Lipinski definition) is 2. The molecule has 0 aliphatic heterocycles. The highest BCUT2D eigenvalue weighted by molar-refractivity contribution is 5.84. The fraction of sp³-hybridized carbons (Fsp3) is 0.154. The highest BCUT2D eigenvalue weighted by atomic mass is 16.1. The molecule has 0 radical (unpaired) electrons. The Morgan fingerprint density at radius 1 is 1.03 bits per heavy atom. The van der Waals surface area contributed by atoms with E-state index < -0.39 is 0 Å². The largest absolute Gasteiger partial charge is 0.361 e. The summed E-state index contributed by atoms with van der Waals surface area (Å²) in [5.41, 5.74) is 6.23. The van der Waals surface area contributed by atoms with E-state index in [1.165, 1.54) is 16.5 Å². The van der Waals surface area contributed by atoms with Crippen molar-refractivity contribution in [1.82, 2.24) is 14.4 Å². The molecule has 2 aromatic carbocycles. The Kier molecular flexibility index (Phi) is 5.10. The fourth-order valence-corrected chi connectivity index (χ4v) is 4.27. The van der Waals surface area contributed by atoms with E-state index in [1.807, 2.05) is 31.3 Å². The third-order valence-electron chi connectivity index (χ3n) is 5.81. The zero-order chi connectivity index (χ0) is 21.2. The van der Waals surface area contributed by atoms with Crippen LogP contribution in [0.25, 0.3) is 16.6 Å². The van der Waals surface area contributed by atoms with E-state index in [0.29, 0.717) is 12.2 Å². The number of nitrogens with one attached hydrogen (secondary N) is 1. The van der Waals surface area contributed by atoms with Crippen molar-refractivity contribution in [3.8, 4) is 0 Å². The first kappa shape index (κ1) is 19.3. The molecule has 1 atom stereocenters. The molecule has 0 bridgehead atoms. The first-order valence-electron chi connectivity index (χ1n) is 10.6. The minimum atomic E-state index is -0.0339. The van der Waals surface area contributed by atoms with Crippen molar-refractivity contribution in [3.63, 3.8) is 0 Å². The normalized spacial score (nSPS) is 12.4. The number of hydrogen-bond donors (Lipinski definition) is 2. The van der Waals surface area contributed by atoms with Gasteiger partial charge in [0.1, 0.15) is 17.9 Å². The minimum absolute atomic E-state index is 0.0339. The van der Waals surface area contributed by atoms with Gasteiger partial charge in [-0.1, -0.05) is 54.6 Å². The molecule has 3 aromatic heterocycles. The summed E-state index contributed by atoms with van der Waals surface area (Å²) in [4.78, 5) is 20.6. The maximum atomic E-state index is 12.5. The lowest BCUT2D eigenvalue weighted by Gasteiger charge is -2.16. The summed E-state index contributed by atoms with van der Waals surface area (Å²) in [6.07, 6.45) is 3.96. The van der Waals surface area contributed by atoms with Gasteiger partial charge in [0, 0.05) is 29.4 Å². The molecule has 5 nitrogen and oxygen atoms in total. The van der Waals surface area contributed by atoms with E-state index >= 15 is 0 Å². The van der Waals surface area contributed by atoms with E-state index in [-0.39, 0.29) is 11.5 Å². The van der Waals surface area contributed by atoms with E-state index in [0.717, 1.165) is 23.3 Å². The summed E-state index contributed by atoms with van der Waals surface area (Å²) in [5, 5.41) is 3.49. The zero-order valence-corrected chi connectivity index (χ0v) is 17.5. The molecular weight excluding hydrogens is 384 g/mol. The van der Waals surface area contributed by atoms with Crippen LogP contribution in [0, 0.1) is 6.92 Å². The summed E-state index contributed by atoms with van der Waals surface area (Å²) >= 11 is 0. The van der Waals surface area contributed by atoms with Crippen LogP contribution in [0.3, 0.4) is 0 Å². The van der Waals surface area contributed by atoms with Crippen molar-refractivity contribution < 1.29 is 5.32 Å². The van der Waals surface area contributed by atoms with Crippen LogP contribution in [-0.2, 0) is 6.54 Å². The van der Waals surface area contributed by atoms with Gasteiger partial charge in [0.05, 0.1) is 12.5 Å². The number of nitrogens with zero attached hydrogens (tertiary/aromatic N) is 2. The molecule has 0 fully saturated rings. The first-order valence-corrected chi connectivity index (χ1v) is 10.6. The van der Waals surface area contributed by atoms with Gasteiger partial charge in [-0.25, -0.2) is 4.98 Å². The van der Waals surface area contributed by atoms with Gasteiger partial charge in [-0.15, -0.1) is 0 Å². The molecule has 0 unspecified atom stereocenters. The second-order valence-electron chi connectivity index (χ2n) is 8.00. The smallest absolute Gasteiger partial charge is 0.258 e. The topological polar surface area (TPSA) is 66.8 Å². The van der Waals surface area contributed by atoms with Crippen LogP contribution < -0.4 is 10.9 Å². The summed E-state index contributed by atoms with van der Waals surface area (Å²) in [7, 11) is 0. The van der Waals surface area contributed by atoms with Gasteiger partial charge in [-0.2, -0.15) is 0 Å². The number of aromatic nitrogens is 3. The zero-order valence-electron chi connectivity index (χ0n) is 17.5. The van der Waals surface area contributed by atoms with Crippen LogP contribution in [0.1, 0.15) is 28.3 Å². The summed E-state index contributed by atoms with van der Waals surface area (Å²) in [6.45, 7) is 3.49. The number of fused-ring (bicyclic) bond motifs is 2. The van der Waals surface area contributed by atoms with E-state index in [2.05, 4.69) is 70.0 Å². The van der Waals surface area contributed by atoms with E-state index in [9.17, 15) is 4.79 Å². The monoisotopic (exact) mass is 409 g/mol. The SMILES string of the molecule is Cc1ccc2nc(C[NH2+]C[C@H](c3ccccc3)c3c[nH]c4ccccc34)cc(=O)n2c1. The van der Waals surface area contributed by atoms with Crippen molar-refractivity contribution in [1.29, 1.82) is 0 Å². The van der Waals surface area contributed by atoms with Crippen LogP contribution >= 0.6 is 0 Å². The van der Waals surface area contributed by atoms with Crippen LogP contribution in [0.4, 0.5) is 0 Å². The number of H-pyrrole nitrogens is 1. The molecule has 0 aliphatic carbocycles. The lowest BCUT2D eigenvalue weighted by Crippen LogP contribution is -2.83. The number of rotatable bonds is 6. The van der Waals surface area contributed by atoms with E-state index in [1.54, 1.807) is 10.5 Å². The number of quaternary nitrogens is 1. The molecule has 0 saturated carbocycles. The highest BCUT2D eigenvalue weighted by Crippen LogP contribution is 2.29. The van der Waals surface area contributed by atoms with Crippen molar-refractivity contribution >= 4 is 16.6 Å². The summed E-state index contributed by atoms with van der Waals surface area (Å²) < 4.78 is 1.61. The Morgan fingerprint density at radius 3 is 2.71 bits per heavy atom. The molecule has 0 spiro atoms. The first-order chi connectivity index (χ1) is 15.2. The maximum absolute atomic E-state index is 12.5. The number of aryl methyl sites for hydroxylation is 1. The third kappa shape index (κ3) is 3.88. The molecule has 0 amide bonds. The van der Waals surface area contributed by atoms with Crippen LogP contribution in [0.5, 0.6) is 0 Å². The quantitative estimate of drug-likeness (QED) is 0.452. The van der Waals surface area contributed by atoms with Crippen LogP contribution in [0.15, 0.2) is 90.0 Å². The maximum Gasteiger partial charge on any atom is 0.258 e. The molecule has 154 valence electrons. The van der Waals surface area contributed by atoms with Gasteiger partial charge in [0.2, 0.25) is 0 Å². The van der Waals surface area contributed by atoms with Crippen LogP contribution in [-0.4, -0.2) is 20.9 Å². The molecule has 5 heteroatoms. The van der Waals surface area contributed by atoms with Gasteiger partial charge in [0.15, 0.2) is 0 Å². The summed E-state index contributed by atoms with van der Waals surface area (Å²) in [5.74, 6) is 0.238. The number of aromatic amines is 1. The van der Waals surface area contributed by atoms with E-state index in [4.69, 9.17) is 0 Å². The number of pyridine rings is 1. The molecule has 0 saturated heterocycles. The molecular formula is C26H25N4O+. The fourth-order valence-electron chi connectivity index (χ4n) is 4.27. The number of benzene rings is 2. The molecule has 31 heavy (non-hydrogen) atoms. The lowest BCUT2D eigenvalue weighted by atomic mass is 9.91. The van der Waals surface area contributed by atoms with Crippen molar-refractivity contribution in [3.05, 3.63) is 118 Å². The van der Waals surface area contributed by atoms with Gasteiger partial charge < -0.3 is 10.3 Å². The average Bonchev–Trinajstić information content (AvgIpc) is 3.22. The molecule has 5 aromatic rings. The minimum Gasteiger partial charge on any atom is -0.361 e. The molecule has 3 heterocycles. The number of nitrogens with two attached hydrogens (primary N) is 1. The highest BCUT2D eigenvalue weighted by Gasteiger charge is 2.20. The van der Waals surface area contributed by atoms with Gasteiger partial charge in [0.25, 0.3) is 5.56 Å². The molecule has 5 rings (SSSR count). The molecule has 0 aliphatic rings. The Balaban J connectivity index is 1.41. The number of para-hydroxylation sites is 1. The lowest BCUT2D eigenvalue weighted by molar-refractivity contribution is -0.672. The second-order valence-corrected chi connectivity index (χ2v) is 8.00. The van der Waals surface area contributed by atoms with Crippen molar-refractivity contribution in [2.75, 3.05) is 6.54 Å². The van der Waals surface area contributed by atoms with Crippen molar-refractivity contribution in [2.24, 2.45) is 0 Å². The standard InChI is InChI=1S/C26H24N4O/c1-18-11-12-25-29-20(13-26(31)30(25)17-18)14-27-15-22(19-7-3-2-4-8-19)23-16-28-24-10-6-5-9-21(23)24/h2-13,16-17,22,27-28H,14-15H2,1H3/p+1/t22-/m1/s1. The van der Waals surface area contributed by atoms with Crippen molar-refractivity contribution in [2.45, 2.75) is 19.4 Å². The Labute approximate surface area is 180 Å². The summed E-state index contributed by atoms with van der Waals surface area (Å²) in [6, 6.07) is 24.5. The predicted molar refractivity (Wildman–Crippen MR) is 123 cm³/mol. The third-order valence-corrected chi connectivity index (χ3v) is 5.81. The second kappa shape index (κ2) is 8.20. The Hall–Kier alpha value is -3.70. The van der Waals surface area contributed by atoms with Gasteiger partial charge in [-0.05, 0) is 35.7 Å². The Bertz CT molecular complexity index is 1400. The van der Waals surface area contributed by atoms with Gasteiger partial charge in [-0.3, -0.25) is 9.20 Å². The predicted octanol–water partition coefficient (Wildman–Crippen LogP) is 3.38. The Morgan fingerprint density at radius 2 is 1.84 bits per heavy atom. The van der Waals surface area contributed by atoms with Gasteiger partial charge >= 0.3 is 0 Å². The van der Waals surface area contributed by atoms with Crippen LogP contribution in [0.2, 0.25) is 0 Å².